The Labute approximate surface area is 89.3 Å². The Morgan fingerprint density at radius 1 is 1.43 bits per heavy atom. The van der Waals surface area contributed by atoms with Crippen molar-refractivity contribution in [2.24, 2.45) is 0 Å². The lowest BCUT2D eigenvalue weighted by molar-refractivity contribution is 0.0185. The molecule has 0 radical (unpaired) electrons. The van der Waals surface area contributed by atoms with Crippen molar-refractivity contribution in [3.05, 3.63) is 0 Å². The first-order valence-corrected chi connectivity index (χ1v) is 5.55. The van der Waals surface area contributed by atoms with Crippen LogP contribution in [0.2, 0.25) is 0 Å². The van der Waals surface area contributed by atoms with Gasteiger partial charge in [-0.1, -0.05) is 0 Å². The Morgan fingerprint density at radius 2 is 2.29 bits per heavy atom. The standard InChI is InChI=1S/C9H17ClN2O2/c10-4-5-11-9(13)12-7-8-3-1-2-6-14-8/h8H,1-7H2,(H2,11,12,13)/t8-/m0/s1. The fourth-order valence-electron chi connectivity index (χ4n) is 1.40. The quantitative estimate of drug-likeness (QED) is 0.697. The van der Waals surface area contributed by atoms with Crippen LogP contribution in [0.3, 0.4) is 0 Å². The van der Waals surface area contributed by atoms with Gasteiger partial charge in [-0.05, 0) is 19.3 Å². The van der Waals surface area contributed by atoms with Gasteiger partial charge in [-0.25, -0.2) is 4.79 Å². The molecule has 5 heteroatoms. The highest BCUT2D eigenvalue weighted by Crippen LogP contribution is 2.11. The average Bonchev–Trinajstić information content (AvgIpc) is 2.25. The molecule has 2 amide bonds. The smallest absolute Gasteiger partial charge is 0.314 e. The average molecular weight is 221 g/mol. The number of urea groups is 1. The Hall–Kier alpha value is -0.480. The zero-order valence-corrected chi connectivity index (χ0v) is 8.98. The van der Waals surface area contributed by atoms with E-state index in [-0.39, 0.29) is 12.1 Å². The molecule has 1 atom stereocenters. The third-order valence-corrected chi connectivity index (χ3v) is 2.33. The van der Waals surface area contributed by atoms with Gasteiger partial charge in [-0.15, -0.1) is 11.6 Å². The van der Waals surface area contributed by atoms with Crippen molar-refractivity contribution in [1.82, 2.24) is 10.6 Å². The summed E-state index contributed by atoms with van der Waals surface area (Å²) in [7, 11) is 0. The molecule has 0 aromatic carbocycles. The molecule has 1 aliphatic rings. The number of rotatable bonds is 4. The first kappa shape index (κ1) is 11.6. The molecule has 1 fully saturated rings. The van der Waals surface area contributed by atoms with Crippen molar-refractivity contribution >= 4 is 17.6 Å². The maximum absolute atomic E-state index is 11.1. The third kappa shape index (κ3) is 4.67. The predicted molar refractivity (Wildman–Crippen MR) is 55.7 cm³/mol. The van der Waals surface area contributed by atoms with E-state index < -0.39 is 0 Å². The summed E-state index contributed by atoms with van der Waals surface area (Å²) in [5.74, 6) is 0.438. The number of nitrogens with one attached hydrogen (secondary N) is 2. The summed E-state index contributed by atoms with van der Waals surface area (Å²) in [5.41, 5.74) is 0. The molecule has 0 unspecified atom stereocenters. The zero-order valence-electron chi connectivity index (χ0n) is 8.22. The van der Waals surface area contributed by atoms with Gasteiger partial charge in [-0.2, -0.15) is 0 Å². The Bertz CT molecular complexity index is 172. The van der Waals surface area contributed by atoms with E-state index in [9.17, 15) is 4.79 Å². The minimum absolute atomic E-state index is 0.167. The van der Waals surface area contributed by atoms with Crippen LogP contribution in [0.25, 0.3) is 0 Å². The second-order valence-electron chi connectivity index (χ2n) is 3.31. The summed E-state index contributed by atoms with van der Waals surface area (Å²) >= 11 is 5.43. The lowest BCUT2D eigenvalue weighted by Gasteiger charge is -2.22. The molecule has 1 heterocycles. The van der Waals surface area contributed by atoms with Crippen molar-refractivity contribution in [3.8, 4) is 0 Å². The number of hydrogen-bond donors (Lipinski definition) is 2. The molecule has 82 valence electrons. The van der Waals surface area contributed by atoms with Gasteiger partial charge >= 0.3 is 6.03 Å². The van der Waals surface area contributed by atoms with Crippen molar-refractivity contribution in [2.75, 3.05) is 25.6 Å². The van der Waals surface area contributed by atoms with E-state index in [1.807, 2.05) is 0 Å². The highest BCUT2D eigenvalue weighted by molar-refractivity contribution is 6.18. The molecular formula is C9H17ClN2O2. The van der Waals surface area contributed by atoms with Crippen molar-refractivity contribution in [2.45, 2.75) is 25.4 Å². The molecule has 4 nitrogen and oxygen atoms in total. The summed E-state index contributed by atoms with van der Waals surface area (Å²) in [6.07, 6.45) is 3.55. The van der Waals surface area contributed by atoms with Crippen molar-refractivity contribution < 1.29 is 9.53 Å². The second-order valence-corrected chi connectivity index (χ2v) is 3.69. The van der Waals surface area contributed by atoms with Gasteiger partial charge in [0.2, 0.25) is 0 Å². The normalized spacial score (nSPS) is 21.6. The van der Waals surface area contributed by atoms with E-state index in [4.69, 9.17) is 16.3 Å². The van der Waals surface area contributed by atoms with Crippen LogP contribution in [0.5, 0.6) is 0 Å². The van der Waals surface area contributed by atoms with Crippen LogP contribution in [-0.2, 0) is 4.74 Å². The number of hydrogen-bond acceptors (Lipinski definition) is 2. The summed E-state index contributed by atoms with van der Waals surface area (Å²) in [5, 5.41) is 5.39. The molecule has 0 saturated carbocycles. The summed E-state index contributed by atoms with van der Waals surface area (Å²) in [6.45, 7) is 1.91. The van der Waals surface area contributed by atoms with Gasteiger partial charge in [-0.3, -0.25) is 0 Å². The van der Waals surface area contributed by atoms with E-state index in [1.165, 1.54) is 6.42 Å². The number of halogens is 1. The molecule has 2 N–H and O–H groups in total. The van der Waals surface area contributed by atoms with E-state index in [0.717, 1.165) is 19.4 Å². The fourth-order valence-corrected chi connectivity index (χ4v) is 1.49. The maximum atomic E-state index is 11.1. The second kappa shape index (κ2) is 6.90. The minimum Gasteiger partial charge on any atom is -0.376 e. The minimum atomic E-state index is -0.167. The summed E-state index contributed by atoms with van der Waals surface area (Å²) < 4.78 is 5.46. The molecule has 0 aromatic rings. The predicted octanol–water partition coefficient (Wildman–Crippen LogP) is 1.09. The lowest BCUT2D eigenvalue weighted by Crippen LogP contribution is -2.41. The Balaban J connectivity index is 2.03. The molecular weight excluding hydrogens is 204 g/mol. The van der Waals surface area contributed by atoms with Crippen LogP contribution < -0.4 is 10.6 Å². The van der Waals surface area contributed by atoms with E-state index >= 15 is 0 Å². The van der Waals surface area contributed by atoms with Gasteiger partial charge in [0.1, 0.15) is 0 Å². The van der Waals surface area contributed by atoms with Crippen LogP contribution in [0, 0.1) is 0 Å². The Kier molecular flexibility index (Phi) is 5.71. The molecule has 14 heavy (non-hydrogen) atoms. The van der Waals surface area contributed by atoms with Crippen molar-refractivity contribution in [1.29, 1.82) is 0 Å². The van der Waals surface area contributed by atoms with Gasteiger partial charge in [0, 0.05) is 25.6 Å². The van der Waals surface area contributed by atoms with E-state index in [1.54, 1.807) is 0 Å². The van der Waals surface area contributed by atoms with Crippen LogP contribution in [0.4, 0.5) is 4.79 Å². The zero-order chi connectivity index (χ0) is 10.2. The third-order valence-electron chi connectivity index (χ3n) is 2.14. The molecule has 1 rings (SSSR count). The number of amides is 2. The molecule has 1 saturated heterocycles. The van der Waals surface area contributed by atoms with E-state index in [2.05, 4.69) is 10.6 Å². The first-order valence-electron chi connectivity index (χ1n) is 5.02. The summed E-state index contributed by atoms with van der Waals surface area (Å²) in [4.78, 5) is 11.1. The van der Waals surface area contributed by atoms with Crippen LogP contribution in [-0.4, -0.2) is 37.7 Å². The molecule has 0 aliphatic carbocycles. The largest absolute Gasteiger partial charge is 0.376 e. The maximum Gasteiger partial charge on any atom is 0.314 e. The molecule has 0 aromatic heterocycles. The number of ether oxygens (including phenoxy) is 1. The van der Waals surface area contributed by atoms with Gasteiger partial charge in [0.15, 0.2) is 0 Å². The van der Waals surface area contributed by atoms with Crippen molar-refractivity contribution in [3.63, 3.8) is 0 Å². The molecule has 0 bridgehead atoms. The number of carbonyl (C=O) groups is 1. The highest BCUT2D eigenvalue weighted by Gasteiger charge is 2.14. The fraction of sp³-hybridized carbons (Fsp3) is 0.889. The highest BCUT2D eigenvalue weighted by atomic mass is 35.5. The molecule has 0 spiro atoms. The van der Waals surface area contributed by atoms with Gasteiger partial charge in [0.05, 0.1) is 6.10 Å². The topological polar surface area (TPSA) is 50.4 Å². The van der Waals surface area contributed by atoms with Crippen LogP contribution in [0.15, 0.2) is 0 Å². The van der Waals surface area contributed by atoms with Gasteiger partial charge in [0.25, 0.3) is 0 Å². The molecule has 1 aliphatic heterocycles. The number of carbonyl (C=O) groups excluding carboxylic acids is 1. The van der Waals surface area contributed by atoms with E-state index in [0.29, 0.717) is 19.0 Å². The van der Waals surface area contributed by atoms with Crippen LogP contribution in [0.1, 0.15) is 19.3 Å². The monoisotopic (exact) mass is 220 g/mol. The SMILES string of the molecule is O=C(NCCCl)NC[C@@H]1CCCCO1. The Morgan fingerprint density at radius 3 is 2.93 bits per heavy atom. The van der Waals surface area contributed by atoms with Crippen LogP contribution >= 0.6 is 11.6 Å². The summed E-state index contributed by atoms with van der Waals surface area (Å²) in [6, 6.07) is -0.167. The lowest BCUT2D eigenvalue weighted by atomic mass is 10.1. The number of alkyl halides is 1. The first-order chi connectivity index (χ1) is 6.83. The van der Waals surface area contributed by atoms with Gasteiger partial charge < -0.3 is 15.4 Å².